The summed E-state index contributed by atoms with van der Waals surface area (Å²) in [6.45, 7) is -7.30. The number of anilines is 2. The fourth-order valence-corrected chi connectivity index (χ4v) is 9.00. The lowest BCUT2D eigenvalue weighted by atomic mass is 10.0. The molecule has 3 aliphatic rings. The van der Waals surface area contributed by atoms with E-state index in [0.717, 1.165) is 0 Å². The second-order valence-corrected chi connectivity index (χ2v) is 16.2. The van der Waals surface area contributed by atoms with Gasteiger partial charge in [0, 0.05) is 11.8 Å². The van der Waals surface area contributed by atoms with E-state index in [4.69, 9.17) is 58.4 Å². The number of rotatable bonds is 2. The number of aliphatic hydroxyl groups excluding tert-OH is 1. The lowest BCUT2D eigenvalue weighted by Crippen LogP contribution is -2.35. The average molecular weight is 685 g/mol. The lowest BCUT2D eigenvalue weighted by Gasteiger charge is -2.35. The van der Waals surface area contributed by atoms with Gasteiger partial charge in [-0.3, -0.25) is 9.13 Å². The molecule has 6 heterocycles. The smallest absolute Gasteiger partial charge is 0.200 e. The molecule has 2 aliphatic heterocycles. The quantitative estimate of drug-likeness (QED) is 0.190. The molecule has 44 heavy (non-hydrogen) atoms. The van der Waals surface area contributed by atoms with Crippen molar-refractivity contribution in [1.29, 1.82) is 0 Å². The van der Waals surface area contributed by atoms with Gasteiger partial charge in [-0.15, -0.1) is 0 Å². The van der Waals surface area contributed by atoms with Crippen molar-refractivity contribution in [2.45, 2.75) is 50.0 Å². The average Bonchev–Trinajstić information content (AvgIpc) is 3.73. The van der Waals surface area contributed by atoms with Gasteiger partial charge in [0.25, 0.3) is 0 Å². The van der Waals surface area contributed by atoms with Crippen LogP contribution in [0, 0.1) is 11.8 Å². The Kier molecular flexibility index (Phi) is 7.69. The van der Waals surface area contributed by atoms with Crippen LogP contribution in [-0.2, 0) is 51.5 Å². The van der Waals surface area contributed by atoms with Crippen molar-refractivity contribution in [3.8, 4) is 0 Å². The second kappa shape index (κ2) is 11.2. The summed E-state index contributed by atoms with van der Waals surface area (Å²) < 4.78 is 46.1. The molecule has 4 aromatic heterocycles. The van der Waals surface area contributed by atoms with Crippen molar-refractivity contribution in [3.05, 3.63) is 25.3 Å². The summed E-state index contributed by atoms with van der Waals surface area (Å²) >= 11 is 10.6. The zero-order valence-electron chi connectivity index (χ0n) is 22.8. The Labute approximate surface area is 259 Å². The Balaban J connectivity index is 1.20. The van der Waals surface area contributed by atoms with Crippen molar-refractivity contribution in [3.63, 3.8) is 0 Å². The Hall–Kier alpha value is -2.35. The molecule has 2 bridgehead atoms. The molecule has 4 aromatic rings. The largest absolute Gasteiger partial charge is 0.780 e. The number of fused-ring (bicyclic) bond motifs is 5. The Morgan fingerprint density at radius 1 is 0.977 bits per heavy atom. The molecule has 0 radical (unpaired) electrons. The van der Waals surface area contributed by atoms with Gasteiger partial charge in [0.1, 0.15) is 54.9 Å². The highest BCUT2D eigenvalue weighted by Crippen LogP contribution is 2.55. The van der Waals surface area contributed by atoms with Crippen LogP contribution in [0.3, 0.4) is 0 Å². The van der Waals surface area contributed by atoms with Gasteiger partial charge in [-0.2, -0.15) is 0 Å². The minimum atomic E-state index is -4.27. The molecule has 1 saturated carbocycles. The second-order valence-electron chi connectivity index (χ2n) is 10.8. The van der Waals surface area contributed by atoms with Crippen LogP contribution < -0.4 is 16.4 Å². The number of ether oxygens (including phenoxy) is 1. The summed E-state index contributed by atoms with van der Waals surface area (Å²) in [5, 5.41) is 11.3. The van der Waals surface area contributed by atoms with E-state index >= 15 is 0 Å². The Morgan fingerprint density at radius 3 is 2.30 bits per heavy atom. The number of hydrogen-bond acceptors (Lipinski definition) is 18. The maximum Gasteiger partial charge on any atom is 0.200 e. The molecule has 2 saturated heterocycles. The van der Waals surface area contributed by atoms with Crippen LogP contribution in [0.15, 0.2) is 25.3 Å². The summed E-state index contributed by atoms with van der Waals surface area (Å²) in [7, 11) is 0. The van der Waals surface area contributed by atoms with Gasteiger partial charge >= 0.3 is 0 Å². The lowest BCUT2D eigenvalue weighted by molar-refractivity contribution is -0.217. The van der Waals surface area contributed by atoms with Crippen LogP contribution in [0.4, 0.5) is 11.6 Å². The van der Waals surface area contributed by atoms with Crippen molar-refractivity contribution < 1.29 is 37.4 Å². The number of nitrogens with two attached hydrogens (primary N) is 2. The van der Waals surface area contributed by atoms with Crippen molar-refractivity contribution >= 4 is 71.5 Å². The van der Waals surface area contributed by atoms with Crippen LogP contribution in [-0.4, -0.2) is 81.8 Å². The van der Waals surface area contributed by atoms with E-state index in [0.29, 0.717) is 22.3 Å². The molecule has 5 N–H and O–H groups in total. The number of nitrogen functional groups attached to an aromatic ring is 2. The molecule has 0 spiro atoms. The third-order valence-electron chi connectivity index (χ3n) is 8.14. The van der Waals surface area contributed by atoms with Gasteiger partial charge in [0.15, 0.2) is 29.7 Å². The molecule has 2 unspecified atom stereocenters. The number of imidazole rings is 2. The summed E-state index contributed by atoms with van der Waals surface area (Å²) in [5.74, 6) is -0.848. The van der Waals surface area contributed by atoms with Crippen LogP contribution in [0.5, 0.6) is 0 Å². The first kappa shape index (κ1) is 30.3. The van der Waals surface area contributed by atoms with Crippen LogP contribution in [0.1, 0.15) is 25.6 Å². The predicted molar refractivity (Wildman–Crippen MR) is 157 cm³/mol. The molecule has 236 valence electrons. The fraction of sp³-hybridized carbons (Fsp3) is 0.545. The molecule has 7 rings (SSSR count). The van der Waals surface area contributed by atoms with E-state index in [1.165, 1.54) is 25.3 Å². The summed E-state index contributed by atoms with van der Waals surface area (Å²) in [6, 6.07) is -0.685. The van der Waals surface area contributed by atoms with E-state index < -0.39 is 62.0 Å². The van der Waals surface area contributed by atoms with E-state index in [2.05, 4.69) is 29.9 Å². The summed E-state index contributed by atoms with van der Waals surface area (Å²) in [4.78, 5) is 38.6. The number of hydrogen-bond donors (Lipinski definition) is 3. The highest BCUT2D eigenvalue weighted by Gasteiger charge is 2.49. The van der Waals surface area contributed by atoms with E-state index in [9.17, 15) is 14.6 Å². The first-order chi connectivity index (χ1) is 20.9. The zero-order chi connectivity index (χ0) is 31.0. The molecule has 3 fully saturated rings. The first-order valence-electron chi connectivity index (χ1n) is 13.4. The number of aromatic nitrogens is 8. The molecule has 10 atom stereocenters. The third kappa shape index (κ3) is 5.31. The van der Waals surface area contributed by atoms with E-state index in [-0.39, 0.29) is 31.3 Å². The van der Waals surface area contributed by atoms with Gasteiger partial charge < -0.3 is 61.1 Å². The molecule has 1 aliphatic carbocycles. The molecule has 18 nitrogen and oxygen atoms in total. The maximum atomic E-state index is 13.6. The minimum Gasteiger partial charge on any atom is -0.780 e. The van der Waals surface area contributed by atoms with Crippen molar-refractivity contribution in [1.82, 2.24) is 39.0 Å². The van der Waals surface area contributed by atoms with Crippen LogP contribution in [0.25, 0.3) is 22.3 Å². The van der Waals surface area contributed by atoms with Crippen molar-refractivity contribution in [2.75, 3.05) is 24.7 Å². The minimum absolute atomic E-state index is 0.159. The number of nitrogens with zero attached hydrogens (tertiary/aromatic N) is 8. The molecular weight excluding hydrogens is 658 g/mol. The van der Waals surface area contributed by atoms with Gasteiger partial charge in [-0.05, 0) is 6.42 Å². The molecule has 22 heteroatoms. The standard InChI is InChI=1S/C22H28N10O8P2S2/c1-9-16-12(38-22(9)32-8-30-14-19(24)26-6-28-21(14)32)4-37-42(35,44)40-17-11(2-10(15(17)33)3-36-41(34,43)39-16)31-7-29-13-18(23)25-5-27-20(13)31/h5-12,15-17,22,33H,2-4H2,1H3,(H,34,43)(H,35,44)(H2,23,25,27)(H2,24,26,28)/p-2/t9-,10-,11-,12-,15-,16+,17+,22-,41?,42?/m1/s1. The van der Waals surface area contributed by atoms with Gasteiger partial charge in [0.05, 0.1) is 38.0 Å². The molecule has 0 aromatic carbocycles. The van der Waals surface area contributed by atoms with E-state index in [1.807, 2.05) is 0 Å². The van der Waals surface area contributed by atoms with Crippen LogP contribution >= 0.6 is 13.5 Å². The van der Waals surface area contributed by atoms with Crippen LogP contribution in [0.2, 0.25) is 0 Å². The normalized spacial score (nSPS) is 38.3. The third-order valence-corrected chi connectivity index (χ3v) is 11.2. The SMILES string of the molecule is C[C@@H]1[C@@H]2OP(=O)([S-])OC[C@H]3C[C@@H](n4cnc5c(N)ncnc54)[C@H](OP([O-])(=S)OC[C@H]2O[C@H]1n1cnc2c(N)ncnc21)[C@@H]3O. The maximum absolute atomic E-state index is 13.6. The Morgan fingerprint density at radius 2 is 1.61 bits per heavy atom. The van der Waals surface area contributed by atoms with Gasteiger partial charge in [-0.25, -0.2) is 29.9 Å². The predicted octanol–water partition coefficient (Wildman–Crippen LogP) is 0.343. The topological polar surface area (TPSA) is 246 Å². The van der Waals surface area contributed by atoms with Crippen molar-refractivity contribution in [2.24, 2.45) is 11.8 Å². The molecular formula is C22H26N10O8P2S2-2. The van der Waals surface area contributed by atoms with Gasteiger partial charge in [0.2, 0.25) is 0 Å². The van der Waals surface area contributed by atoms with Gasteiger partial charge in [-0.1, -0.05) is 18.7 Å². The first-order valence-corrected chi connectivity index (χ1v) is 18.5. The molecule has 0 amide bonds. The summed E-state index contributed by atoms with van der Waals surface area (Å²) in [5.41, 5.74) is 13.4. The Bertz CT molecular complexity index is 1830. The summed E-state index contributed by atoms with van der Waals surface area (Å²) in [6.07, 6.45) is 0.623. The zero-order valence-corrected chi connectivity index (χ0v) is 26.2. The highest BCUT2D eigenvalue weighted by atomic mass is 32.7. The highest BCUT2D eigenvalue weighted by molar-refractivity contribution is 8.32. The monoisotopic (exact) mass is 684 g/mol. The van der Waals surface area contributed by atoms with E-state index in [1.54, 1.807) is 16.1 Å². The fourth-order valence-electron chi connectivity index (χ4n) is 6.03. The number of aliphatic hydroxyl groups is 1.